The molecule has 0 bridgehead atoms. The summed E-state index contributed by atoms with van der Waals surface area (Å²) in [5.74, 6) is -1.76. The van der Waals surface area contributed by atoms with Gasteiger partial charge in [-0.25, -0.2) is 9.59 Å². The average Bonchev–Trinajstić information content (AvgIpc) is 3.36. The highest BCUT2D eigenvalue weighted by Gasteiger charge is 2.24. The van der Waals surface area contributed by atoms with Crippen LogP contribution < -0.4 is 16.0 Å². The third-order valence-corrected chi connectivity index (χ3v) is 5.33. The number of carbonyl (C=O) groups is 4. The summed E-state index contributed by atoms with van der Waals surface area (Å²) < 4.78 is 5.86. The number of halogens is 1. The summed E-state index contributed by atoms with van der Waals surface area (Å²) in [6.45, 7) is -0.596. The largest absolute Gasteiger partial charge is 0.451 e. The van der Waals surface area contributed by atoms with E-state index < -0.39 is 24.5 Å². The van der Waals surface area contributed by atoms with Crippen molar-refractivity contribution in [3.8, 4) is 0 Å². The minimum Gasteiger partial charge on any atom is -0.451 e. The zero-order valence-electron chi connectivity index (χ0n) is 15.2. The Morgan fingerprint density at radius 1 is 1.07 bits per heavy atom. The zero-order valence-corrected chi connectivity index (χ0v) is 17.6. The van der Waals surface area contributed by atoms with Crippen LogP contribution >= 0.6 is 27.3 Å². The highest BCUT2D eigenvalue weighted by molar-refractivity contribution is 9.10. The maximum Gasteiger partial charge on any atom is 0.350 e. The van der Waals surface area contributed by atoms with Crippen molar-refractivity contribution in [2.45, 2.75) is 25.3 Å². The minimum absolute atomic E-state index is 0.111. The maximum absolute atomic E-state index is 12.2. The zero-order chi connectivity index (χ0) is 20.8. The van der Waals surface area contributed by atoms with Gasteiger partial charge in [-0.1, -0.05) is 28.1 Å². The predicted octanol–water partition coefficient (Wildman–Crippen LogP) is 2.84. The molecule has 152 valence electrons. The molecule has 1 fully saturated rings. The first-order valence-electron chi connectivity index (χ1n) is 8.80. The van der Waals surface area contributed by atoms with E-state index in [2.05, 4.69) is 31.9 Å². The second-order valence-electron chi connectivity index (χ2n) is 6.39. The topological polar surface area (TPSA) is 114 Å². The van der Waals surface area contributed by atoms with Crippen molar-refractivity contribution in [2.24, 2.45) is 0 Å². The van der Waals surface area contributed by atoms with E-state index in [1.807, 2.05) is 24.3 Å². The van der Waals surface area contributed by atoms with Gasteiger partial charge in [0, 0.05) is 10.5 Å². The summed E-state index contributed by atoms with van der Waals surface area (Å²) in [7, 11) is 0. The minimum atomic E-state index is -0.753. The molecule has 8 nitrogen and oxygen atoms in total. The van der Waals surface area contributed by atoms with Crippen LogP contribution in [0.4, 0.5) is 10.5 Å². The van der Waals surface area contributed by atoms with Crippen LogP contribution in [-0.2, 0) is 20.7 Å². The number of hydrogen-bond acceptors (Lipinski definition) is 6. The molecule has 1 aliphatic rings. The normalized spacial score (nSPS) is 12.7. The summed E-state index contributed by atoms with van der Waals surface area (Å²) in [6.07, 6.45) is 1.94. The first-order valence-corrected chi connectivity index (χ1v) is 10.5. The van der Waals surface area contributed by atoms with Crippen molar-refractivity contribution in [3.63, 3.8) is 0 Å². The Morgan fingerprint density at radius 2 is 1.79 bits per heavy atom. The van der Waals surface area contributed by atoms with Gasteiger partial charge in [-0.3, -0.25) is 14.9 Å². The van der Waals surface area contributed by atoms with E-state index in [0.29, 0.717) is 5.69 Å². The van der Waals surface area contributed by atoms with Gasteiger partial charge in [0.05, 0.1) is 12.1 Å². The number of imide groups is 1. The van der Waals surface area contributed by atoms with Gasteiger partial charge in [-0.2, -0.15) is 0 Å². The second kappa shape index (κ2) is 9.66. The van der Waals surface area contributed by atoms with E-state index in [9.17, 15) is 19.2 Å². The summed E-state index contributed by atoms with van der Waals surface area (Å²) in [6, 6.07) is 8.42. The van der Waals surface area contributed by atoms with Gasteiger partial charge in [0.1, 0.15) is 4.88 Å². The summed E-state index contributed by atoms with van der Waals surface area (Å²) in [4.78, 5) is 47.8. The Labute approximate surface area is 179 Å². The van der Waals surface area contributed by atoms with Crippen molar-refractivity contribution < 1.29 is 23.9 Å². The van der Waals surface area contributed by atoms with E-state index in [1.165, 1.54) is 0 Å². The summed E-state index contributed by atoms with van der Waals surface area (Å²) in [5.41, 5.74) is 1.14. The molecule has 1 saturated carbocycles. The molecular weight excluding hydrogens is 462 g/mol. The molecule has 3 N–H and O–H groups in total. The highest BCUT2D eigenvalue weighted by Crippen LogP contribution is 2.23. The summed E-state index contributed by atoms with van der Waals surface area (Å²) in [5, 5.41) is 9.00. The number of benzene rings is 1. The SMILES string of the molecule is O=C(COC(=O)c1sccc1NC(=O)Cc1ccc(Br)cc1)NC(=O)NC1CC1. The van der Waals surface area contributed by atoms with E-state index in [4.69, 9.17) is 4.74 Å². The van der Waals surface area contributed by atoms with Crippen LogP contribution in [0, 0.1) is 0 Å². The van der Waals surface area contributed by atoms with Crippen LogP contribution in [-0.4, -0.2) is 36.5 Å². The lowest BCUT2D eigenvalue weighted by atomic mass is 10.1. The molecule has 0 unspecified atom stereocenters. The molecule has 1 aromatic carbocycles. The number of hydrogen-bond donors (Lipinski definition) is 3. The number of carbonyl (C=O) groups excluding carboxylic acids is 4. The Balaban J connectivity index is 1.48. The average molecular weight is 480 g/mol. The number of nitrogens with one attached hydrogen (secondary N) is 3. The first kappa shape index (κ1) is 21.0. The Kier molecular flexibility index (Phi) is 6.99. The van der Waals surface area contributed by atoms with E-state index in [-0.39, 0.29) is 23.2 Å². The van der Waals surface area contributed by atoms with Gasteiger partial charge in [0.15, 0.2) is 6.61 Å². The molecule has 0 radical (unpaired) electrons. The van der Waals surface area contributed by atoms with Crippen LogP contribution in [0.3, 0.4) is 0 Å². The maximum atomic E-state index is 12.2. The van der Waals surface area contributed by atoms with Crippen molar-refractivity contribution in [3.05, 3.63) is 50.6 Å². The number of ether oxygens (including phenoxy) is 1. The van der Waals surface area contributed by atoms with Crippen LogP contribution in [0.2, 0.25) is 0 Å². The molecule has 10 heteroatoms. The molecule has 1 heterocycles. The fraction of sp³-hybridized carbons (Fsp3) is 0.263. The molecule has 0 atom stereocenters. The van der Waals surface area contributed by atoms with Crippen molar-refractivity contribution in [1.29, 1.82) is 0 Å². The van der Waals surface area contributed by atoms with Crippen LogP contribution in [0.15, 0.2) is 40.2 Å². The van der Waals surface area contributed by atoms with Crippen molar-refractivity contribution in [2.75, 3.05) is 11.9 Å². The van der Waals surface area contributed by atoms with E-state index >= 15 is 0 Å². The van der Waals surface area contributed by atoms with Gasteiger partial charge in [0.25, 0.3) is 5.91 Å². The number of thiophene rings is 1. The number of amides is 4. The van der Waals surface area contributed by atoms with Crippen LogP contribution in [0.5, 0.6) is 0 Å². The predicted molar refractivity (Wildman–Crippen MR) is 111 cm³/mol. The van der Waals surface area contributed by atoms with Crippen LogP contribution in [0.25, 0.3) is 0 Å². The molecule has 29 heavy (non-hydrogen) atoms. The second-order valence-corrected chi connectivity index (χ2v) is 8.22. The van der Waals surface area contributed by atoms with Gasteiger partial charge in [-0.05, 0) is 42.0 Å². The molecule has 0 saturated heterocycles. The lowest BCUT2D eigenvalue weighted by Crippen LogP contribution is -2.42. The fourth-order valence-electron chi connectivity index (χ4n) is 2.36. The highest BCUT2D eigenvalue weighted by atomic mass is 79.9. The summed E-state index contributed by atoms with van der Waals surface area (Å²) >= 11 is 4.42. The molecule has 2 aromatic rings. The van der Waals surface area contributed by atoms with Crippen LogP contribution in [0.1, 0.15) is 28.1 Å². The third-order valence-electron chi connectivity index (χ3n) is 3.90. The molecule has 3 rings (SSSR count). The quantitative estimate of drug-likeness (QED) is 0.528. The fourth-order valence-corrected chi connectivity index (χ4v) is 3.36. The van der Waals surface area contributed by atoms with E-state index in [0.717, 1.165) is 34.2 Å². The number of anilines is 1. The lowest BCUT2D eigenvalue weighted by molar-refractivity contribution is -0.123. The number of esters is 1. The molecule has 4 amide bonds. The Bertz CT molecular complexity index is 924. The van der Waals surface area contributed by atoms with Gasteiger partial charge in [-0.15, -0.1) is 11.3 Å². The molecule has 0 spiro atoms. The van der Waals surface area contributed by atoms with Gasteiger partial charge >= 0.3 is 12.0 Å². The third kappa shape index (κ3) is 6.68. The van der Waals surface area contributed by atoms with Crippen molar-refractivity contribution in [1.82, 2.24) is 10.6 Å². The molecule has 1 aliphatic carbocycles. The standard InChI is InChI=1S/C19H18BrN3O5S/c20-12-3-1-11(2-4-12)9-15(24)22-14-7-8-29-17(14)18(26)28-10-16(25)23-19(27)21-13-5-6-13/h1-4,7-8,13H,5-6,9-10H2,(H,22,24)(H2,21,23,25,27). The molecule has 0 aliphatic heterocycles. The van der Waals surface area contributed by atoms with Gasteiger partial charge in [0.2, 0.25) is 5.91 Å². The lowest BCUT2D eigenvalue weighted by Gasteiger charge is -2.08. The van der Waals surface area contributed by atoms with E-state index in [1.54, 1.807) is 11.4 Å². The molecule has 1 aromatic heterocycles. The number of urea groups is 1. The smallest absolute Gasteiger partial charge is 0.350 e. The molecular formula is C19H18BrN3O5S. The van der Waals surface area contributed by atoms with Gasteiger partial charge < -0.3 is 15.4 Å². The first-order chi connectivity index (χ1) is 13.9. The Hall–Kier alpha value is -2.72. The van der Waals surface area contributed by atoms with Crippen molar-refractivity contribution >= 4 is 56.8 Å². The number of rotatable bonds is 7. The monoisotopic (exact) mass is 479 g/mol. The Morgan fingerprint density at radius 3 is 2.48 bits per heavy atom.